The number of fused-ring (bicyclic) bond motifs is 1. The smallest absolute Gasteiger partial charge is 0.0300 e. The van der Waals surface area contributed by atoms with Crippen LogP contribution in [0.4, 0.5) is 0 Å². The molecule has 20 heavy (non-hydrogen) atoms. The van der Waals surface area contributed by atoms with Gasteiger partial charge in [0.15, 0.2) is 0 Å². The number of hydrogen-bond acceptors (Lipinski definition) is 1. The number of benzene rings is 2. The molecule has 1 nitrogen and oxygen atoms in total. The monoisotopic (exact) mass is 267 g/mol. The van der Waals surface area contributed by atoms with Gasteiger partial charge in [0.2, 0.25) is 0 Å². The zero-order valence-corrected chi connectivity index (χ0v) is 12.8. The second-order valence-electron chi connectivity index (χ2n) is 7.06. The normalized spacial score (nSPS) is 23.1. The number of rotatable bonds is 3. The Kier molecular flexibility index (Phi) is 3.55. The quantitative estimate of drug-likeness (QED) is 0.818. The third-order valence-corrected chi connectivity index (χ3v) is 4.74. The van der Waals surface area contributed by atoms with Gasteiger partial charge in [-0.25, -0.2) is 0 Å². The van der Waals surface area contributed by atoms with Crippen molar-refractivity contribution in [2.24, 2.45) is 5.41 Å². The molecular weight excluding hydrogens is 242 g/mol. The summed E-state index contributed by atoms with van der Waals surface area (Å²) < 4.78 is 0. The molecule has 1 aliphatic carbocycles. The van der Waals surface area contributed by atoms with E-state index in [1.54, 1.807) is 0 Å². The third-order valence-electron chi connectivity index (χ3n) is 4.74. The highest BCUT2D eigenvalue weighted by atomic mass is 15.0. The molecule has 2 aromatic carbocycles. The molecule has 1 aliphatic rings. The lowest BCUT2D eigenvalue weighted by atomic mass is 9.91. The molecule has 1 N–H and O–H groups in total. The van der Waals surface area contributed by atoms with E-state index in [-0.39, 0.29) is 0 Å². The van der Waals surface area contributed by atoms with Crippen LogP contribution in [0.25, 0.3) is 10.8 Å². The van der Waals surface area contributed by atoms with Crippen molar-refractivity contribution in [1.29, 1.82) is 0 Å². The van der Waals surface area contributed by atoms with Gasteiger partial charge in [-0.2, -0.15) is 0 Å². The van der Waals surface area contributed by atoms with E-state index in [4.69, 9.17) is 0 Å². The fraction of sp³-hybridized carbons (Fsp3) is 0.474. The molecule has 2 atom stereocenters. The summed E-state index contributed by atoms with van der Waals surface area (Å²) in [5, 5.41) is 6.56. The SMILES string of the molecule is CC(NC1CCC(C)(C)C1)c1cccc2ccccc12. The average Bonchev–Trinajstić information content (AvgIpc) is 2.77. The van der Waals surface area contributed by atoms with Crippen LogP contribution in [0.3, 0.4) is 0 Å². The van der Waals surface area contributed by atoms with Gasteiger partial charge in [-0.05, 0) is 47.9 Å². The predicted molar refractivity (Wildman–Crippen MR) is 86.9 cm³/mol. The molecule has 1 heteroatoms. The number of nitrogens with one attached hydrogen (secondary N) is 1. The van der Waals surface area contributed by atoms with E-state index in [0.29, 0.717) is 17.5 Å². The van der Waals surface area contributed by atoms with Crippen LogP contribution < -0.4 is 5.32 Å². The van der Waals surface area contributed by atoms with Crippen molar-refractivity contribution in [3.05, 3.63) is 48.0 Å². The molecule has 0 bridgehead atoms. The van der Waals surface area contributed by atoms with Crippen LogP contribution in [0.2, 0.25) is 0 Å². The maximum Gasteiger partial charge on any atom is 0.0300 e. The van der Waals surface area contributed by atoms with Crippen molar-refractivity contribution in [3.8, 4) is 0 Å². The Morgan fingerprint density at radius 2 is 1.85 bits per heavy atom. The van der Waals surface area contributed by atoms with Crippen molar-refractivity contribution >= 4 is 10.8 Å². The molecule has 0 heterocycles. The largest absolute Gasteiger partial charge is 0.307 e. The molecule has 1 fully saturated rings. The highest BCUT2D eigenvalue weighted by Gasteiger charge is 2.31. The van der Waals surface area contributed by atoms with E-state index in [2.05, 4.69) is 68.6 Å². The minimum atomic E-state index is 0.417. The lowest BCUT2D eigenvalue weighted by Crippen LogP contribution is -2.30. The first-order valence-corrected chi connectivity index (χ1v) is 7.79. The maximum absolute atomic E-state index is 3.84. The molecular formula is C19H25N. The fourth-order valence-electron chi connectivity index (χ4n) is 3.65. The van der Waals surface area contributed by atoms with Crippen molar-refractivity contribution in [3.63, 3.8) is 0 Å². The molecule has 3 rings (SSSR count). The van der Waals surface area contributed by atoms with E-state index < -0.39 is 0 Å². The molecule has 0 saturated heterocycles. The highest BCUT2D eigenvalue weighted by Crippen LogP contribution is 2.38. The van der Waals surface area contributed by atoms with Gasteiger partial charge in [0.05, 0.1) is 0 Å². The van der Waals surface area contributed by atoms with Gasteiger partial charge in [0, 0.05) is 12.1 Å². The summed E-state index contributed by atoms with van der Waals surface area (Å²) in [6, 6.07) is 16.4. The van der Waals surface area contributed by atoms with Crippen LogP contribution in [0.5, 0.6) is 0 Å². The molecule has 2 unspecified atom stereocenters. The molecule has 0 aliphatic heterocycles. The van der Waals surface area contributed by atoms with Crippen molar-refractivity contribution in [2.45, 2.75) is 52.1 Å². The summed E-state index contributed by atoms with van der Waals surface area (Å²) in [5.41, 5.74) is 1.93. The van der Waals surface area contributed by atoms with Crippen molar-refractivity contribution in [1.82, 2.24) is 5.32 Å². The molecule has 106 valence electrons. The van der Waals surface area contributed by atoms with Gasteiger partial charge in [-0.15, -0.1) is 0 Å². The molecule has 1 saturated carbocycles. The summed E-state index contributed by atoms with van der Waals surface area (Å²) in [6.07, 6.45) is 3.94. The summed E-state index contributed by atoms with van der Waals surface area (Å²) in [7, 11) is 0. The van der Waals surface area contributed by atoms with Gasteiger partial charge >= 0.3 is 0 Å². The Morgan fingerprint density at radius 3 is 2.60 bits per heavy atom. The first kappa shape index (κ1) is 13.6. The minimum Gasteiger partial charge on any atom is -0.307 e. The van der Waals surface area contributed by atoms with Crippen LogP contribution in [-0.2, 0) is 0 Å². The summed E-state index contributed by atoms with van der Waals surface area (Å²) >= 11 is 0. The molecule has 0 spiro atoms. The second-order valence-corrected chi connectivity index (χ2v) is 7.06. The van der Waals surface area contributed by atoms with Gasteiger partial charge in [0.25, 0.3) is 0 Å². The first-order chi connectivity index (χ1) is 9.55. The Morgan fingerprint density at radius 1 is 1.10 bits per heavy atom. The summed E-state index contributed by atoms with van der Waals surface area (Å²) in [4.78, 5) is 0. The molecule has 0 aromatic heterocycles. The lowest BCUT2D eigenvalue weighted by molar-refractivity contribution is 0.356. The summed E-state index contributed by atoms with van der Waals surface area (Å²) in [6.45, 7) is 7.07. The zero-order valence-electron chi connectivity index (χ0n) is 12.8. The molecule has 2 aromatic rings. The van der Waals surface area contributed by atoms with Crippen LogP contribution in [0.15, 0.2) is 42.5 Å². The lowest BCUT2D eigenvalue weighted by Gasteiger charge is -2.23. The Balaban J connectivity index is 1.81. The van der Waals surface area contributed by atoms with E-state index in [0.717, 1.165) is 0 Å². The van der Waals surface area contributed by atoms with Gasteiger partial charge in [-0.1, -0.05) is 56.3 Å². The van der Waals surface area contributed by atoms with Crippen LogP contribution >= 0.6 is 0 Å². The standard InChI is InChI=1S/C19H25N/c1-14(20-16-11-12-19(2,3)13-16)17-10-6-8-15-7-4-5-9-18(15)17/h4-10,14,16,20H,11-13H2,1-3H3. The highest BCUT2D eigenvalue weighted by molar-refractivity contribution is 5.86. The maximum atomic E-state index is 3.84. The Labute approximate surface area is 122 Å². The van der Waals surface area contributed by atoms with E-state index in [1.165, 1.54) is 35.6 Å². The van der Waals surface area contributed by atoms with E-state index >= 15 is 0 Å². The molecule has 0 amide bonds. The van der Waals surface area contributed by atoms with Crippen LogP contribution in [0, 0.1) is 5.41 Å². The average molecular weight is 267 g/mol. The van der Waals surface area contributed by atoms with Crippen molar-refractivity contribution < 1.29 is 0 Å². The first-order valence-electron chi connectivity index (χ1n) is 7.79. The minimum absolute atomic E-state index is 0.417. The fourth-order valence-corrected chi connectivity index (χ4v) is 3.65. The predicted octanol–water partition coefficient (Wildman–Crippen LogP) is 5.07. The topological polar surface area (TPSA) is 12.0 Å². The van der Waals surface area contributed by atoms with Crippen LogP contribution in [0.1, 0.15) is 51.6 Å². The van der Waals surface area contributed by atoms with Gasteiger partial charge in [-0.3, -0.25) is 0 Å². The van der Waals surface area contributed by atoms with E-state index in [9.17, 15) is 0 Å². The second kappa shape index (κ2) is 5.21. The Bertz CT molecular complexity index is 594. The number of hydrogen-bond donors (Lipinski definition) is 1. The third kappa shape index (κ3) is 2.73. The van der Waals surface area contributed by atoms with Gasteiger partial charge in [0.1, 0.15) is 0 Å². The van der Waals surface area contributed by atoms with Crippen molar-refractivity contribution in [2.75, 3.05) is 0 Å². The summed E-state index contributed by atoms with van der Waals surface area (Å²) in [5.74, 6) is 0. The Hall–Kier alpha value is -1.34. The van der Waals surface area contributed by atoms with Gasteiger partial charge < -0.3 is 5.32 Å². The van der Waals surface area contributed by atoms with E-state index in [1.807, 2.05) is 0 Å². The van der Waals surface area contributed by atoms with Crippen LogP contribution in [-0.4, -0.2) is 6.04 Å². The zero-order chi connectivity index (χ0) is 14.2. The molecule has 0 radical (unpaired) electrons.